The first-order chi connectivity index (χ1) is 16.2. The number of methoxy groups -OCH3 is 1. The minimum atomic E-state index is -1.39. The third kappa shape index (κ3) is 8.57. The standard InChI is InChI=1S/C21H29N5O7S/c1-13(18(28)24-14(2)20(30)31)23-19(29)16-12-34-21(25-16)26-6-4-15(5-7-26)10-22-17(27)11-33-9-8-32-3/h12,15H,1-2,4-11H2,3H3,(H,22,27)(H,23,29)(H,24,28)(H,30,31). The molecule has 0 spiro atoms. The predicted molar refractivity (Wildman–Crippen MR) is 124 cm³/mol. The van der Waals surface area contributed by atoms with Crippen molar-refractivity contribution in [1.82, 2.24) is 20.9 Å². The number of aromatic nitrogens is 1. The molecule has 0 bridgehead atoms. The van der Waals surface area contributed by atoms with Crippen LogP contribution in [-0.2, 0) is 23.9 Å². The van der Waals surface area contributed by atoms with E-state index in [1.165, 1.54) is 11.3 Å². The zero-order chi connectivity index (χ0) is 25.1. The maximum atomic E-state index is 12.4. The van der Waals surface area contributed by atoms with Crippen molar-refractivity contribution in [3.63, 3.8) is 0 Å². The molecule has 0 saturated carbocycles. The number of ether oxygens (including phenoxy) is 2. The fraction of sp³-hybridized carbons (Fsp3) is 0.476. The SMILES string of the molecule is C=C(NC(=O)C(=C)NC(=O)c1csc(N2CCC(CNC(=O)COCCOC)CC2)n1)C(=O)O. The summed E-state index contributed by atoms with van der Waals surface area (Å²) in [6.45, 7) is 9.47. The van der Waals surface area contributed by atoms with Crippen molar-refractivity contribution >= 4 is 40.2 Å². The summed E-state index contributed by atoms with van der Waals surface area (Å²) in [5.74, 6) is -2.73. The van der Waals surface area contributed by atoms with Gasteiger partial charge in [0.15, 0.2) is 5.13 Å². The normalized spacial score (nSPS) is 13.7. The highest BCUT2D eigenvalue weighted by atomic mass is 32.1. The lowest BCUT2D eigenvalue weighted by Crippen LogP contribution is -2.39. The highest BCUT2D eigenvalue weighted by Crippen LogP contribution is 2.26. The molecule has 1 aromatic rings. The Kier molecular flexibility index (Phi) is 10.6. The number of rotatable bonds is 13. The van der Waals surface area contributed by atoms with Gasteiger partial charge in [-0.2, -0.15) is 0 Å². The molecule has 1 aliphatic heterocycles. The first kappa shape index (κ1) is 27.0. The van der Waals surface area contributed by atoms with E-state index >= 15 is 0 Å². The molecule has 0 aromatic carbocycles. The Balaban J connectivity index is 1.75. The summed E-state index contributed by atoms with van der Waals surface area (Å²) in [5.41, 5.74) is -0.738. The average molecular weight is 496 g/mol. The molecule has 13 heteroatoms. The zero-order valence-electron chi connectivity index (χ0n) is 18.9. The van der Waals surface area contributed by atoms with E-state index < -0.39 is 23.5 Å². The van der Waals surface area contributed by atoms with Crippen molar-refractivity contribution in [2.45, 2.75) is 12.8 Å². The number of aliphatic carboxylic acids is 1. The molecule has 0 radical (unpaired) electrons. The first-order valence-electron chi connectivity index (χ1n) is 10.5. The van der Waals surface area contributed by atoms with E-state index in [1.54, 1.807) is 12.5 Å². The number of carbonyl (C=O) groups excluding carboxylic acids is 3. The van der Waals surface area contributed by atoms with Gasteiger partial charge in [-0.15, -0.1) is 11.3 Å². The lowest BCUT2D eigenvalue weighted by atomic mass is 9.97. The molecule has 1 fully saturated rings. The molecule has 1 aliphatic rings. The number of carbonyl (C=O) groups is 4. The van der Waals surface area contributed by atoms with E-state index in [2.05, 4.69) is 33.7 Å². The molecule has 1 saturated heterocycles. The Morgan fingerprint density at radius 2 is 1.88 bits per heavy atom. The predicted octanol–water partition coefficient (Wildman–Crippen LogP) is 0.0967. The number of anilines is 1. The Morgan fingerprint density at radius 1 is 1.18 bits per heavy atom. The van der Waals surface area contributed by atoms with Gasteiger partial charge in [0.2, 0.25) is 5.91 Å². The third-order valence-corrected chi connectivity index (χ3v) is 5.83. The van der Waals surface area contributed by atoms with Crippen molar-refractivity contribution in [1.29, 1.82) is 0 Å². The van der Waals surface area contributed by atoms with Gasteiger partial charge in [0.05, 0.1) is 18.9 Å². The number of piperidine rings is 1. The number of nitrogens with zero attached hydrogens (tertiary/aromatic N) is 2. The number of thiazole rings is 1. The molecular formula is C21H29N5O7S. The van der Waals surface area contributed by atoms with Crippen LogP contribution in [0, 0.1) is 5.92 Å². The quantitative estimate of drug-likeness (QED) is 0.220. The summed E-state index contributed by atoms with van der Waals surface area (Å²) < 4.78 is 10.1. The van der Waals surface area contributed by atoms with Gasteiger partial charge in [0.1, 0.15) is 18.0 Å². The van der Waals surface area contributed by atoms with Crippen molar-refractivity contribution < 1.29 is 33.8 Å². The Morgan fingerprint density at radius 3 is 2.53 bits per heavy atom. The van der Waals surface area contributed by atoms with Crippen LogP contribution in [0.2, 0.25) is 0 Å². The monoisotopic (exact) mass is 495 g/mol. The third-order valence-electron chi connectivity index (χ3n) is 4.92. The van der Waals surface area contributed by atoms with Crippen molar-refractivity contribution in [2.24, 2.45) is 5.92 Å². The number of carboxylic acid groups (broad SMARTS) is 1. The van der Waals surface area contributed by atoms with Gasteiger partial charge in [0.25, 0.3) is 11.8 Å². The van der Waals surface area contributed by atoms with Gasteiger partial charge >= 0.3 is 5.97 Å². The molecule has 0 aliphatic carbocycles. The molecule has 1 aromatic heterocycles. The molecule has 4 N–H and O–H groups in total. The van der Waals surface area contributed by atoms with Crippen LogP contribution in [0.3, 0.4) is 0 Å². The van der Waals surface area contributed by atoms with Crippen LogP contribution < -0.4 is 20.9 Å². The summed E-state index contributed by atoms with van der Waals surface area (Å²) in [5, 5.41) is 18.2. The van der Waals surface area contributed by atoms with Gasteiger partial charge in [-0.05, 0) is 18.8 Å². The van der Waals surface area contributed by atoms with Gasteiger partial charge in [-0.25, -0.2) is 9.78 Å². The lowest BCUT2D eigenvalue weighted by molar-refractivity contribution is -0.134. The van der Waals surface area contributed by atoms with Crippen LogP contribution in [0.15, 0.2) is 29.9 Å². The van der Waals surface area contributed by atoms with E-state index in [9.17, 15) is 19.2 Å². The summed E-state index contributed by atoms with van der Waals surface area (Å²) in [6, 6.07) is 0. The van der Waals surface area contributed by atoms with Crippen LogP contribution in [0.4, 0.5) is 5.13 Å². The van der Waals surface area contributed by atoms with Crippen molar-refractivity contribution in [3.8, 4) is 0 Å². The molecule has 186 valence electrons. The summed E-state index contributed by atoms with van der Waals surface area (Å²) in [4.78, 5) is 53.2. The van der Waals surface area contributed by atoms with E-state index in [0.29, 0.717) is 30.8 Å². The molecule has 2 rings (SSSR count). The molecule has 3 amide bonds. The largest absolute Gasteiger partial charge is 0.477 e. The van der Waals surface area contributed by atoms with Crippen molar-refractivity contribution in [3.05, 3.63) is 35.6 Å². The molecule has 12 nitrogen and oxygen atoms in total. The molecule has 2 heterocycles. The Bertz CT molecular complexity index is 924. The molecule has 34 heavy (non-hydrogen) atoms. The average Bonchev–Trinajstić information content (AvgIpc) is 3.31. The number of amides is 3. The maximum Gasteiger partial charge on any atom is 0.351 e. The molecular weight excluding hydrogens is 466 g/mol. The number of hydrogen-bond donors (Lipinski definition) is 4. The second-order valence-electron chi connectivity index (χ2n) is 7.47. The Labute approximate surface area is 201 Å². The summed E-state index contributed by atoms with van der Waals surface area (Å²) >= 11 is 1.30. The summed E-state index contributed by atoms with van der Waals surface area (Å²) in [7, 11) is 1.57. The van der Waals surface area contributed by atoms with E-state index in [-0.39, 0.29) is 23.9 Å². The van der Waals surface area contributed by atoms with Crippen molar-refractivity contribution in [2.75, 3.05) is 51.5 Å². The lowest BCUT2D eigenvalue weighted by Gasteiger charge is -2.31. The minimum Gasteiger partial charge on any atom is -0.477 e. The zero-order valence-corrected chi connectivity index (χ0v) is 19.7. The second kappa shape index (κ2) is 13.4. The van der Waals surface area contributed by atoms with Gasteiger partial charge < -0.3 is 35.4 Å². The number of nitrogens with one attached hydrogen (secondary N) is 3. The van der Waals surface area contributed by atoms with Crippen LogP contribution in [-0.4, -0.2) is 80.3 Å². The van der Waals surface area contributed by atoms with Crippen LogP contribution >= 0.6 is 11.3 Å². The fourth-order valence-electron chi connectivity index (χ4n) is 2.98. The Hall–Kier alpha value is -3.29. The van der Waals surface area contributed by atoms with E-state index in [1.807, 2.05) is 5.32 Å². The molecule has 0 atom stereocenters. The highest BCUT2D eigenvalue weighted by Gasteiger charge is 2.23. The van der Waals surface area contributed by atoms with Gasteiger partial charge in [0, 0.05) is 32.1 Å². The molecule has 0 unspecified atom stereocenters. The van der Waals surface area contributed by atoms with E-state index in [4.69, 9.17) is 14.6 Å². The van der Waals surface area contributed by atoms with Crippen LogP contribution in [0.5, 0.6) is 0 Å². The number of hydrogen-bond acceptors (Lipinski definition) is 9. The minimum absolute atomic E-state index is 0.00849. The van der Waals surface area contributed by atoms with Gasteiger partial charge in [-0.1, -0.05) is 13.2 Å². The van der Waals surface area contributed by atoms with Crippen LogP contribution in [0.25, 0.3) is 0 Å². The fourth-order valence-corrected chi connectivity index (χ4v) is 3.84. The number of carboxylic acids is 1. The van der Waals surface area contributed by atoms with Crippen LogP contribution in [0.1, 0.15) is 23.3 Å². The maximum absolute atomic E-state index is 12.4. The highest BCUT2D eigenvalue weighted by molar-refractivity contribution is 7.13. The smallest absolute Gasteiger partial charge is 0.351 e. The van der Waals surface area contributed by atoms with Gasteiger partial charge in [-0.3, -0.25) is 14.4 Å². The first-order valence-corrected chi connectivity index (χ1v) is 11.4. The summed E-state index contributed by atoms with van der Waals surface area (Å²) in [6.07, 6.45) is 1.72. The van der Waals surface area contributed by atoms with E-state index in [0.717, 1.165) is 25.9 Å². The topological polar surface area (TPSA) is 159 Å². The second-order valence-corrected chi connectivity index (χ2v) is 8.30.